The molecule has 0 heterocycles. The fourth-order valence-corrected chi connectivity index (χ4v) is 1.18. The molecule has 2 N–H and O–H groups in total. The average molecular weight is 249 g/mol. The lowest BCUT2D eigenvalue weighted by atomic mass is 10.3. The molecule has 0 aliphatic carbocycles. The minimum atomic E-state index is 0. The highest BCUT2D eigenvalue weighted by Gasteiger charge is 2.05. The van der Waals surface area contributed by atoms with Crippen molar-refractivity contribution in [1.29, 1.82) is 0 Å². The third kappa shape index (κ3) is 2.57. The number of benzene rings is 1. The highest BCUT2D eigenvalue weighted by Crippen LogP contribution is 2.33. The van der Waals surface area contributed by atoms with E-state index in [1.165, 1.54) is 12.1 Å². The van der Waals surface area contributed by atoms with Crippen LogP contribution in [0.5, 0.6) is 5.75 Å². The fourth-order valence-electron chi connectivity index (χ4n) is 0.600. The molecule has 0 aliphatic rings. The molecule has 0 saturated heterocycles. The van der Waals surface area contributed by atoms with Crippen LogP contribution in [0.15, 0.2) is 12.1 Å². The van der Waals surface area contributed by atoms with Gasteiger partial charge in [-0.05, 0) is 0 Å². The van der Waals surface area contributed by atoms with E-state index in [-0.39, 0.29) is 12.4 Å². The zero-order chi connectivity index (χ0) is 8.43. The monoisotopic (exact) mass is 247 g/mol. The first-order chi connectivity index (χ1) is 5.15. The van der Waals surface area contributed by atoms with Crippen LogP contribution in [0.25, 0.3) is 0 Å². The SMILES string of the molecule is Cl.NOc1cc(Cl)c(Cl)c(Cl)c1. The molecule has 1 rings (SSSR count). The van der Waals surface area contributed by atoms with E-state index in [0.717, 1.165) is 0 Å². The Hall–Kier alpha value is 0.140. The van der Waals surface area contributed by atoms with Gasteiger partial charge in [0.15, 0.2) is 0 Å². The van der Waals surface area contributed by atoms with Gasteiger partial charge in [-0.1, -0.05) is 34.8 Å². The maximum atomic E-state index is 5.65. The molecule has 0 atom stereocenters. The van der Waals surface area contributed by atoms with E-state index in [1.807, 2.05) is 0 Å². The van der Waals surface area contributed by atoms with Gasteiger partial charge in [-0.3, -0.25) is 0 Å². The highest BCUT2D eigenvalue weighted by atomic mass is 35.5. The van der Waals surface area contributed by atoms with E-state index >= 15 is 0 Å². The highest BCUT2D eigenvalue weighted by molar-refractivity contribution is 6.48. The molecule has 68 valence electrons. The van der Waals surface area contributed by atoms with Crippen molar-refractivity contribution in [2.45, 2.75) is 0 Å². The lowest BCUT2D eigenvalue weighted by Crippen LogP contribution is -2.01. The predicted molar refractivity (Wildman–Crippen MR) is 53.5 cm³/mol. The van der Waals surface area contributed by atoms with Gasteiger partial charge in [0, 0.05) is 12.1 Å². The Morgan fingerprint density at radius 3 is 1.83 bits per heavy atom. The first-order valence-corrected chi connectivity index (χ1v) is 3.80. The second-order valence-corrected chi connectivity index (χ2v) is 3.01. The maximum absolute atomic E-state index is 5.65. The molecule has 0 saturated carbocycles. The molecule has 0 radical (unpaired) electrons. The summed E-state index contributed by atoms with van der Waals surface area (Å²) in [5, 5.41) is 0.938. The van der Waals surface area contributed by atoms with E-state index in [1.54, 1.807) is 0 Å². The normalized spacial score (nSPS) is 9.00. The first-order valence-electron chi connectivity index (χ1n) is 2.66. The van der Waals surface area contributed by atoms with Crippen molar-refractivity contribution in [3.8, 4) is 5.75 Å². The summed E-state index contributed by atoms with van der Waals surface area (Å²) < 4.78 is 0. The van der Waals surface area contributed by atoms with Crippen LogP contribution in [0.3, 0.4) is 0 Å². The number of hydrogen-bond acceptors (Lipinski definition) is 2. The van der Waals surface area contributed by atoms with Crippen LogP contribution in [-0.4, -0.2) is 0 Å². The zero-order valence-electron chi connectivity index (χ0n) is 5.68. The molecule has 0 fully saturated rings. The molecular weight excluding hydrogens is 244 g/mol. The molecule has 12 heavy (non-hydrogen) atoms. The van der Waals surface area contributed by atoms with E-state index in [4.69, 9.17) is 40.7 Å². The summed E-state index contributed by atoms with van der Waals surface area (Å²) in [6.07, 6.45) is 0. The number of halogens is 4. The summed E-state index contributed by atoms with van der Waals surface area (Å²) >= 11 is 16.9. The molecule has 0 spiro atoms. The maximum Gasteiger partial charge on any atom is 0.149 e. The van der Waals surface area contributed by atoms with Gasteiger partial charge in [0.05, 0.1) is 15.1 Å². The Morgan fingerprint density at radius 1 is 1.08 bits per heavy atom. The summed E-state index contributed by atoms with van der Waals surface area (Å²) in [4.78, 5) is 4.40. The number of nitrogens with two attached hydrogens (primary N) is 1. The summed E-state index contributed by atoms with van der Waals surface area (Å²) in [7, 11) is 0. The lowest BCUT2D eigenvalue weighted by Gasteiger charge is -2.01. The third-order valence-electron chi connectivity index (χ3n) is 1.09. The Kier molecular flexibility index (Phi) is 5.06. The van der Waals surface area contributed by atoms with Crippen molar-refractivity contribution in [3.63, 3.8) is 0 Å². The van der Waals surface area contributed by atoms with E-state index < -0.39 is 0 Å². The van der Waals surface area contributed by atoms with Crippen molar-refractivity contribution in [2.75, 3.05) is 0 Å². The van der Waals surface area contributed by atoms with Crippen LogP contribution in [0, 0.1) is 0 Å². The molecule has 0 unspecified atom stereocenters. The van der Waals surface area contributed by atoms with Crippen LogP contribution >= 0.6 is 47.2 Å². The molecule has 0 amide bonds. The van der Waals surface area contributed by atoms with Crippen LogP contribution < -0.4 is 10.7 Å². The van der Waals surface area contributed by atoms with E-state index in [9.17, 15) is 0 Å². The molecular formula is C6H5Cl4NO. The van der Waals surface area contributed by atoms with Gasteiger partial charge >= 0.3 is 0 Å². The quantitative estimate of drug-likeness (QED) is 0.611. The summed E-state index contributed by atoms with van der Waals surface area (Å²) in [6, 6.07) is 2.96. The largest absolute Gasteiger partial charge is 0.411 e. The van der Waals surface area contributed by atoms with Crippen molar-refractivity contribution < 1.29 is 4.84 Å². The second kappa shape index (κ2) is 5.00. The Bertz CT molecular complexity index is 255. The van der Waals surface area contributed by atoms with Crippen LogP contribution in [0.2, 0.25) is 15.1 Å². The van der Waals surface area contributed by atoms with Gasteiger partial charge in [-0.15, -0.1) is 12.4 Å². The Morgan fingerprint density at radius 2 is 1.50 bits per heavy atom. The number of rotatable bonds is 1. The molecule has 0 bridgehead atoms. The van der Waals surface area contributed by atoms with Gasteiger partial charge < -0.3 is 4.84 Å². The third-order valence-corrected chi connectivity index (χ3v) is 2.29. The van der Waals surface area contributed by atoms with E-state index in [0.29, 0.717) is 20.8 Å². The Balaban J connectivity index is 0.00000121. The molecule has 0 aromatic heterocycles. The van der Waals surface area contributed by atoms with Gasteiger partial charge in [-0.2, -0.15) is 5.90 Å². The standard InChI is InChI=1S/C6H4Cl3NO.ClH/c7-4-1-3(11-10)2-5(8)6(4)9;/h1-2H,10H2;1H. The van der Waals surface area contributed by atoms with Gasteiger partial charge in [0.2, 0.25) is 0 Å². The van der Waals surface area contributed by atoms with Crippen molar-refractivity contribution in [3.05, 3.63) is 27.2 Å². The fraction of sp³-hybridized carbons (Fsp3) is 0. The molecule has 1 aromatic rings. The molecule has 0 aliphatic heterocycles. The topological polar surface area (TPSA) is 35.2 Å². The predicted octanol–water partition coefficient (Wildman–Crippen LogP) is 3.32. The second-order valence-electron chi connectivity index (χ2n) is 1.82. The number of hydrogen-bond donors (Lipinski definition) is 1. The minimum Gasteiger partial charge on any atom is -0.411 e. The average Bonchev–Trinajstić information content (AvgIpc) is 1.99. The van der Waals surface area contributed by atoms with Crippen LogP contribution in [0.1, 0.15) is 0 Å². The van der Waals surface area contributed by atoms with Crippen molar-refractivity contribution in [1.82, 2.24) is 0 Å². The van der Waals surface area contributed by atoms with Crippen molar-refractivity contribution in [2.24, 2.45) is 5.90 Å². The lowest BCUT2D eigenvalue weighted by molar-refractivity contribution is 0.334. The zero-order valence-corrected chi connectivity index (χ0v) is 8.77. The molecule has 6 heteroatoms. The summed E-state index contributed by atoms with van der Waals surface area (Å²) in [5.41, 5.74) is 0. The van der Waals surface area contributed by atoms with Crippen molar-refractivity contribution >= 4 is 47.2 Å². The molecule has 1 aromatic carbocycles. The van der Waals surface area contributed by atoms with Crippen LogP contribution in [0.4, 0.5) is 0 Å². The van der Waals surface area contributed by atoms with Crippen LogP contribution in [-0.2, 0) is 0 Å². The molecule has 2 nitrogen and oxygen atoms in total. The van der Waals surface area contributed by atoms with Gasteiger partial charge in [0.1, 0.15) is 5.75 Å². The Labute approximate surface area is 90.9 Å². The van der Waals surface area contributed by atoms with E-state index in [2.05, 4.69) is 4.84 Å². The first kappa shape index (κ1) is 12.1. The summed E-state index contributed by atoms with van der Waals surface area (Å²) in [5.74, 6) is 5.26. The van der Waals surface area contributed by atoms with Gasteiger partial charge in [-0.25, -0.2) is 0 Å². The summed E-state index contributed by atoms with van der Waals surface area (Å²) in [6.45, 7) is 0. The van der Waals surface area contributed by atoms with Gasteiger partial charge in [0.25, 0.3) is 0 Å². The minimum absolute atomic E-state index is 0. The smallest absolute Gasteiger partial charge is 0.149 e.